The van der Waals surface area contributed by atoms with Crippen molar-refractivity contribution >= 4 is 22.3 Å². The average Bonchev–Trinajstić information content (AvgIpc) is 3.45. The minimum atomic E-state index is -0.314. The second-order valence-electron chi connectivity index (χ2n) is 11.4. The number of piperazine rings is 1. The Morgan fingerprint density at radius 1 is 1.11 bits per heavy atom. The van der Waals surface area contributed by atoms with Gasteiger partial charge in [-0.15, -0.1) is 0 Å². The maximum absolute atomic E-state index is 10.5. The lowest BCUT2D eigenvalue weighted by Crippen LogP contribution is -2.53. The molecule has 3 fully saturated rings. The molecule has 9 heteroatoms. The first kappa shape index (κ1) is 23.9. The summed E-state index contributed by atoms with van der Waals surface area (Å²) in [6, 6.07) is 13.0. The van der Waals surface area contributed by atoms with Gasteiger partial charge in [0.1, 0.15) is 18.2 Å². The Morgan fingerprint density at radius 3 is 2.84 bits per heavy atom. The third kappa shape index (κ3) is 4.32. The van der Waals surface area contributed by atoms with Gasteiger partial charge in [0.05, 0.1) is 24.4 Å². The van der Waals surface area contributed by atoms with Crippen LogP contribution in [-0.4, -0.2) is 89.1 Å². The Bertz CT molecular complexity index is 1350. The maximum Gasteiger partial charge on any atom is 0.318 e. The van der Waals surface area contributed by atoms with Gasteiger partial charge in [-0.25, -0.2) is 0 Å². The van der Waals surface area contributed by atoms with Crippen molar-refractivity contribution in [1.29, 1.82) is 0 Å². The number of fused-ring (bicyclic) bond motifs is 4. The summed E-state index contributed by atoms with van der Waals surface area (Å²) in [6.45, 7) is 4.67. The molecule has 4 aliphatic rings. The normalized spacial score (nSPS) is 27.2. The molecule has 3 saturated heterocycles. The highest BCUT2D eigenvalue weighted by atomic mass is 16.5. The minimum Gasteiger partial charge on any atom is -0.508 e. The van der Waals surface area contributed by atoms with E-state index in [1.54, 1.807) is 0 Å². The fraction of sp³-hybridized carbons (Fsp3) is 0.517. The molecule has 0 aliphatic carbocycles. The number of aromatic nitrogens is 2. The lowest BCUT2D eigenvalue weighted by atomic mass is 10.0. The topological polar surface area (TPSA) is 97.2 Å². The molecule has 4 aliphatic heterocycles. The van der Waals surface area contributed by atoms with E-state index in [1.165, 1.54) is 12.0 Å². The van der Waals surface area contributed by atoms with Crippen molar-refractivity contribution in [3.63, 3.8) is 0 Å². The van der Waals surface area contributed by atoms with Crippen molar-refractivity contribution in [2.45, 2.75) is 56.5 Å². The number of aliphatic hydroxyl groups is 1. The molecule has 5 heterocycles. The SMILES string of the molecule is CN1CCC[C@H]1COc1nc2c(c(N3CC4CC(O)C(C3)N4)n1)CCN(c1cc(O)cc3ccccc13)C2. The number of likely N-dealkylation sites (tertiary alicyclic amines) is 1. The molecule has 2 bridgehead atoms. The van der Waals surface area contributed by atoms with Crippen LogP contribution in [0.25, 0.3) is 10.8 Å². The van der Waals surface area contributed by atoms with Crippen LogP contribution in [0.1, 0.15) is 30.5 Å². The maximum atomic E-state index is 10.5. The molecular formula is C29H36N6O3. The van der Waals surface area contributed by atoms with Crippen molar-refractivity contribution in [2.75, 3.05) is 49.6 Å². The van der Waals surface area contributed by atoms with Crippen LogP contribution in [0.15, 0.2) is 36.4 Å². The lowest BCUT2D eigenvalue weighted by Gasteiger charge is -2.37. The van der Waals surface area contributed by atoms with E-state index in [-0.39, 0.29) is 23.9 Å². The van der Waals surface area contributed by atoms with Gasteiger partial charge in [0.15, 0.2) is 0 Å². The Kier molecular flexibility index (Phi) is 6.02. The third-order valence-electron chi connectivity index (χ3n) is 8.86. The number of rotatable bonds is 5. The molecule has 0 spiro atoms. The van der Waals surface area contributed by atoms with Gasteiger partial charge >= 0.3 is 6.01 Å². The van der Waals surface area contributed by atoms with E-state index < -0.39 is 0 Å². The molecule has 3 unspecified atom stereocenters. The zero-order valence-corrected chi connectivity index (χ0v) is 21.9. The number of aromatic hydroxyl groups is 1. The molecule has 0 saturated carbocycles. The summed E-state index contributed by atoms with van der Waals surface area (Å²) in [5.41, 5.74) is 3.17. The second-order valence-corrected chi connectivity index (χ2v) is 11.4. The van der Waals surface area contributed by atoms with E-state index >= 15 is 0 Å². The van der Waals surface area contributed by atoms with Crippen LogP contribution in [0.4, 0.5) is 11.5 Å². The monoisotopic (exact) mass is 516 g/mol. The highest BCUT2D eigenvalue weighted by molar-refractivity contribution is 5.95. The van der Waals surface area contributed by atoms with Gasteiger partial charge in [-0.3, -0.25) is 0 Å². The van der Waals surface area contributed by atoms with E-state index in [0.29, 0.717) is 25.2 Å². The van der Waals surface area contributed by atoms with Crippen molar-refractivity contribution in [2.24, 2.45) is 0 Å². The molecular weight excluding hydrogens is 480 g/mol. The molecule has 3 N–H and O–H groups in total. The molecule has 3 aromatic rings. The van der Waals surface area contributed by atoms with Crippen LogP contribution in [0.2, 0.25) is 0 Å². The fourth-order valence-corrected chi connectivity index (χ4v) is 6.81. The first-order chi connectivity index (χ1) is 18.5. The number of aliphatic hydroxyl groups excluding tert-OH is 1. The van der Waals surface area contributed by atoms with Gasteiger partial charge < -0.3 is 35.0 Å². The number of hydrogen-bond acceptors (Lipinski definition) is 9. The van der Waals surface area contributed by atoms with Crippen molar-refractivity contribution < 1.29 is 14.9 Å². The molecule has 7 rings (SSSR count). The number of ether oxygens (including phenoxy) is 1. The summed E-state index contributed by atoms with van der Waals surface area (Å²) in [7, 11) is 2.15. The largest absolute Gasteiger partial charge is 0.508 e. The van der Waals surface area contributed by atoms with E-state index in [9.17, 15) is 10.2 Å². The summed E-state index contributed by atoms with van der Waals surface area (Å²) in [6.07, 6.45) is 3.60. The van der Waals surface area contributed by atoms with E-state index in [0.717, 1.165) is 73.4 Å². The van der Waals surface area contributed by atoms with Gasteiger partial charge in [-0.1, -0.05) is 24.3 Å². The minimum absolute atomic E-state index is 0.0645. The highest BCUT2D eigenvalue weighted by Gasteiger charge is 2.40. The van der Waals surface area contributed by atoms with Gasteiger partial charge in [0.25, 0.3) is 0 Å². The number of phenols is 1. The first-order valence-electron chi connectivity index (χ1n) is 13.9. The Morgan fingerprint density at radius 2 is 2.00 bits per heavy atom. The first-order valence-corrected chi connectivity index (χ1v) is 13.9. The predicted molar refractivity (Wildman–Crippen MR) is 147 cm³/mol. The Labute approximate surface area is 223 Å². The van der Waals surface area contributed by atoms with Gasteiger partial charge in [-0.05, 0) is 50.7 Å². The summed E-state index contributed by atoms with van der Waals surface area (Å²) < 4.78 is 6.26. The van der Waals surface area contributed by atoms with Gasteiger partial charge in [-0.2, -0.15) is 9.97 Å². The quantitative estimate of drug-likeness (QED) is 0.472. The molecule has 4 atom stereocenters. The van der Waals surface area contributed by atoms with Gasteiger partial charge in [0.2, 0.25) is 0 Å². The zero-order valence-electron chi connectivity index (χ0n) is 21.9. The van der Waals surface area contributed by atoms with Crippen LogP contribution in [0.3, 0.4) is 0 Å². The van der Waals surface area contributed by atoms with E-state index in [4.69, 9.17) is 14.7 Å². The fourth-order valence-electron chi connectivity index (χ4n) is 6.81. The van der Waals surface area contributed by atoms with Crippen LogP contribution in [-0.2, 0) is 13.0 Å². The number of likely N-dealkylation sites (N-methyl/N-ethyl adjacent to an activating group) is 1. The standard InChI is InChI=1S/C29H36N6O3/c1-33-9-4-6-20(33)17-38-29-31-24-15-34(26-13-21(36)11-18-5-2-3-7-22(18)26)10-8-23(24)28(32-29)35-14-19-12-27(37)25(16-35)30-19/h2-3,5,7,11,13,19-20,25,27,30,36-37H,4,6,8-10,12,14-17H2,1H3/t19?,20-,25?,27?/m0/s1. The number of nitrogens with zero attached hydrogens (tertiary/aromatic N) is 5. The number of anilines is 2. The molecule has 0 radical (unpaired) electrons. The second kappa shape index (κ2) is 9.55. The Balaban J connectivity index is 1.23. The number of hydrogen-bond donors (Lipinski definition) is 3. The van der Waals surface area contributed by atoms with Crippen LogP contribution < -0.4 is 19.9 Å². The van der Waals surface area contributed by atoms with Crippen molar-refractivity contribution in [3.05, 3.63) is 47.7 Å². The summed E-state index contributed by atoms with van der Waals surface area (Å²) in [4.78, 5) is 16.9. The zero-order chi connectivity index (χ0) is 25.8. The molecule has 0 amide bonds. The molecule has 1 aromatic heterocycles. The average molecular weight is 517 g/mol. The van der Waals surface area contributed by atoms with E-state index in [1.807, 2.05) is 30.3 Å². The number of benzene rings is 2. The molecule has 9 nitrogen and oxygen atoms in total. The molecule has 200 valence electrons. The van der Waals surface area contributed by atoms with Crippen molar-refractivity contribution in [3.8, 4) is 11.8 Å². The van der Waals surface area contributed by atoms with E-state index in [2.05, 4.69) is 33.1 Å². The third-order valence-corrected chi connectivity index (χ3v) is 8.86. The van der Waals surface area contributed by atoms with Crippen molar-refractivity contribution in [1.82, 2.24) is 20.2 Å². The number of nitrogens with one attached hydrogen (secondary N) is 1. The Hall–Kier alpha value is -3.14. The predicted octanol–water partition coefficient (Wildman–Crippen LogP) is 2.28. The molecule has 38 heavy (non-hydrogen) atoms. The number of phenolic OH excluding ortho intramolecular Hbond substituents is 1. The summed E-state index contributed by atoms with van der Waals surface area (Å²) in [5.74, 6) is 1.23. The lowest BCUT2D eigenvalue weighted by molar-refractivity contribution is 0.162. The van der Waals surface area contributed by atoms with Crippen LogP contribution in [0.5, 0.6) is 11.8 Å². The van der Waals surface area contributed by atoms with Gasteiger partial charge in [0, 0.05) is 54.4 Å². The summed E-state index contributed by atoms with van der Waals surface area (Å²) in [5, 5.41) is 26.6. The van der Waals surface area contributed by atoms with Crippen LogP contribution in [0, 0.1) is 0 Å². The highest BCUT2D eigenvalue weighted by Crippen LogP contribution is 2.37. The summed E-state index contributed by atoms with van der Waals surface area (Å²) >= 11 is 0. The molecule has 2 aromatic carbocycles. The van der Waals surface area contributed by atoms with Crippen LogP contribution >= 0.6 is 0 Å². The smallest absolute Gasteiger partial charge is 0.318 e.